The molecule has 0 aliphatic carbocycles. The molecular weight excluding hydrogens is 361 g/mol. The lowest BCUT2D eigenvalue weighted by molar-refractivity contribution is 0.305. The van der Waals surface area contributed by atoms with Gasteiger partial charge < -0.3 is 15.8 Å². The number of terminal acetylenes is 1. The molecule has 0 radical (unpaired) electrons. The van der Waals surface area contributed by atoms with Gasteiger partial charge >= 0.3 is 0 Å². The standard InChI is InChI=1S/C15H20FN7O2S/c1-3-10-9-11(5-6-12(10)16)20-15(21-24)13-14(23-25-22-13)19-7-8-26(17,18)4-2/h1,5-6,9,24,26H,4,7-8H2,2H3,(H3,17,18)(H,19,23)(H,20,21). The van der Waals surface area contributed by atoms with Crippen molar-refractivity contribution in [2.45, 2.75) is 6.92 Å². The fourth-order valence-electron chi connectivity index (χ4n) is 1.97. The summed E-state index contributed by atoms with van der Waals surface area (Å²) in [4.78, 5) is 0. The van der Waals surface area contributed by atoms with Crippen LogP contribution in [0.5, 0.6) is 0 Å². The second-order valence-electron chi connectivity index (χ2n) is 5.37. The largest absolute Gasteiger partial charge is 0.409 e. The number of nitrogens with one attached hydrogen (secondary N) is 3. The van der Waals surface area contributed by atoms with Crippen LogP contribution in [0.2, 0.25) is 0 Å². The number of thiol groups is 1. The van der Waals surface area contributed by atoms with E-state index >= 15 is 0 Å². The van der Waals surface area contributed by atoms with Crippen molar-refractivity contribution in [3.05, 3.63) is 35.3 Å². The second kappa shape index (κ2) is 8.41. The zero-order valence-electron chi connectivity index (χ0n) is 14.0. The third kappa shape index (κ3) is 4.78. The molecule has 0 unspecified atom stereocenters. The third-order valence-electron chi connectivity index (χ3n) is 3.56. The van der Waals surface area contributed by atoms with Crippen molar-refractivity contribution in [1.82, 2.24) is 10.3 Å². The van der Waals surface area contributed by atoms with E-state index in [1.807, 2.05) is 6.92 Å². The number of oxime groups is 1. The molecule has 0 bridgehead atoms. The molecular formula is C15H20FN7O2S. The van der Waals surface area contributed by atoms with Gasteiger partial charge in [0.25, 0.3) is 0 Å². The summed E-state index contributed by atoms with van der Waals surface area (Å²) < 4.78 is 26.1. The van der Waals surface area contributed by atoms with E-state index in [4.69, 9.17) is 16.3 Å². The lowest BCUT2D eigenvalue weighted by Crippen LogP contribution is -2.31. The summed E-state index contributed by atoms with van der Waals surface area (Å²) in [5.41, 5.74) is 0.564. The van der Waals surface area contributed by atoms with Crippen molar-refractivity contribution in [1.29, 1.82) is 4.78 Å². The Hall–Kier alpha value is -2.97. The van der Waals surface area contributed by atoms with Crippen LogP contribution in [0.3, 0.4) is 0 Å². The number of benzene rings is 1. The summed E-state index contributed by atoms with van der Waals surface area (Å²) in [6.45, 7) is 2.26. The number of amidine groups is 1. The maximum absolute atomic E-state index is 13.5. The summed E-state index contributed by atoms with van der Waals surface area (Å²) in [5, 5.41) is 31.4. The molecule has 2 aromatic rings. The molecule has 2 rings (SSSR count). The van der Waals surface area contributed by atoms with Crippen molar-refractivity contribution < 1.29 is 14.2 Å². The van der Waals surface area contributed by atoms with Crippen LogP contribution in [0.4, 0.5) is 15.9 Å². The van der Waals surface area contributed by atoms with Gasteiger partial charge in [0.15, 0.2) is 5.69 Å². The Balaban J connectivity index is 2.13. The topological polar surface area (TPSA) is 145 Å². The molecule has 0 aliphatic heterocycles. The lowest BCUT2D eigenvalue weighted by atomic mass is 10.2. The van der Waals surface area contributed by atoms with Crippen LogP contribution in [-0.2, 0) is 10.0 Å². The van der Waals surface area contributed by atoms with Crippen molar-refractivity contribution in [3.63, 3.8) is 0 Å². The molecule has 0 amide bonds. The fraction of sp³-hybridized carbons (Fsp3) is 0.267. The highest BCUT2D eigenvalue weighted by Gasteiger charge is 2.18. The van der Waals surface area contributed by atoms with E-state index in [2.05, 4.69) is 36.7 Å². The molecule has 1 heterocycles. The minimum absolute atomic E-state index is 0.0576. The van der Waals surface area contributed by atoms with Crippen LogP contribution in [0, 0.1) is 22.9 Å². The maximum Gasteiger partial charge on any atom is 0.203 e. The van der Waals surface area contributed by atoms with Crippen molar-refractivity contribution in [2.75, 3.05) is 28.7 Å². The van der Waals surface area contributed by atoms with E-state index in [1.54, 1.807) is 0 Å². The van der Waals surface area contributed by atoms with Gasteiger partial charge in [-0.15, -0.1) is 6.42 Å². The highest BCUT2D eigenvalue weighted by Crippen LogP contribution is 2.17. The van der Waals surface area contributed by atoms with E-state index in [0.717, 1.165) is 0 Å². The number of hydrogen-bond acceptors (Lipinski definition) is 7. The molecule has 1 aromatic heterocycles. The van der Waals surface area contributed by atoms with Crippen molar-refractivity contribution >= 4 is 27.4 Å². The van der Waals surface area contributed by atoms with Gasteiger partial charge in [-0.3, -0.25) is 9.92 Å². The van der Waals surface area contributed by atoms with Gasteiger partial charge in [0.1, 0.15) is 5.82 Å². The van der Waals surface area contributed by atoms with Crippen LogP contribution >= 0.6 is 0 Å². The number of nitrogens with zero attached hydrogens (tertiary/aromatic N) is 3. The van der Waals surface area contributed by atoms with E-state index < -0.39 is 15.8 Å². The predicted octanol–water partition coefficient (Wildman–Crippen LogP) is 1.39. The summed E-state index contributed by atoms with van der Waals surface area (Å²) in [5.74, 6) is 2.91. The van der Waals surface area contributed by atoms with Gasteiger partial charge in [0.05, 0.1) is 5.56 Å². The average Bonchev–Trinajstić information content (AvgIpc) is 3.09. The number of nitrogens with two attached hydrogens (primary N) is 1. The Labute approximate surface area is 150 Å². The first-order valence-corrected chi connectivity index (χ1v) is 9.86. The van der Waals surface area contributed by atoms with Crippen molar-refractivity contribution in [3.8, 4) is 12.3 Å². The minimum atomic E-state index is -2.20. The number of halogens is 1. The Bertz CT molecular complexity index is 890. The molecule has 6 N–H and O–H groups in total. The summed E-state index contributed by atoms with van der Waals surface area (Å²) in [7, 11) is -2.20. The van der Waals surface area contributed by atoms with Crippen LogP contribution in [-0.4, -0.2) is 39.4 Å². The molecule has 0 aliphatic rings. The van der Waals surface area contributed by atoms with E-state index in [0.29, 0.717) is 23.7 Å². The smallest absolute Gasteiger partial charge is 0.203 e. The van der Waals surface area contributed by atoms with E-state index in [9.17, 15) is 9.60 Å². The highest BCUT2D eigenvalue weighted by atomic mass is 32.2. The van der Waals surface area contributed by atoms with E-state index in [-0.39, 0.29) is 22.9 Å². The van der Waals surface area contributed by atoms with Gasteiger partial charge in [0.2, 0.25) is 11.7 Å². The fourth-order valence-corrected chi connectivity index (χ4v) is 2.80. The van der Waals surface area contributed by atoms with Crippen LogP contribution in [0.1, 0.15) is 18.2 Å². The maximum atomic E-state index is 13.5. The average molecular weight is 381 g/mol. The lowest BCUT2D eigenvalue weighted by Gasteiger charge is -2.20. The first-order valence-electron chi connectivity index (χ1n) is 7.63. The number of anilines is 2. The Morgan fingerprint density at radius 2 is 2.31 bits per heavy atom. The summed E-state index contributed by atoms with van der Waals surface area (Å²) in [6, 6.07) is 4.00. The van der Waals surface area contributed by atoms with Crippen molar-refractivity contribution in [2.24, 2.45) is 10.3 Å². The predicted molar refractivity (Wildman–Crippen MR) is 100 cm³/mol. The molecule has 140 valence electrons. The highest BCUT2D eigenvalue weighted by molar-refractivity contribution is 8.01. The number of aromatic nitrogens is 2. The zero-order valence-corrected chi connectivity index (χ0v) is 14.9. The second-order valence-corrected chi connectivity index (χ2v) is 8.52. The van der Waals surface area contributed by atoms with Crippen LogP contribution < -0.4 is 15.8 Å². The van der Waals surface area contributed by atoms with Crippen LogP contribution in [0.15, 0.2) is 28.0 Å². The Morgan fingerprint density at radius 1 is 1.54 bits per heavy atom. The van der Waals surface area contributed by atoms with Gasteiger partial charge in [-0.25, -0.2) is 9.02 Å². The Kier molecular flexibility index (Phi) is 6.26. The molecule has 0 atom stereocenters. The van der Waals surface area contributed by atoms with E-state index in [1.165, 1.54) is 18.2 Å². The Morgan fingerprint density at radius 3 is 2.96 bits per heavy atom. The van der Waals surface area contributed by atoms with Crippen LogP contribution in [0.25, 0.3) is 0 Å². The SMILES string of the molecule is C#Cc1cc(N/C(=N\O)c2nonc2NCC[SH](=N)(N)CC)ccc1F. The molecule has 0 saturated carbocycles. The molecule has 0 spiro atoms. The van der Waals surface area contributed by atoms with Gasteiger partial charge in [-0.2, -0.15) is 10.0 Å². The normalized spacial score (nSPS) is 12.5. The first kappa shape index (κ1) is 19.4. The van der Waals surface area contributed by atoms with Gasteiger partial charge in [-0.1, -0.05) is 18.0 Å². The zero-order chi connectivity index (χ0) is 19.2. The number of hydrogen-bond donors (Lipinski definition) is 6. The minimum Gasteiger partial charge on any atom is -0.409 e. The summed E-state index contributed by atoms with van der Waals surface area (Å²) >= 11 is 0. The van der Waals surface area contributed by atoms with Gasteiger partial charge in [-0.05, 0) is 34.3 Å². The monoisotopic (exact) mass is 381 g/mol. The first-order chi connectivity index (χ1) is 12.4. The molecule has 26 heavy (non-hydrogen) atoms. The summed E-state index contributed by atoms with van der Waals surface area (Å²) in [6.07, 6.45) is 5.24. The quantitative estimate of drug-likeness (QED) is 0.106. The molecule has 9 nitrogen and oxygen atoms in total. The molecule has 0 fully saturated rings. The van der Waals surface area contributed by atoms with Gasteiger partial charge in [0, 0.05) is 18.0 Å². The molecule has 0 saturated heterocycles. The number of rotatable bonds is 7. The third-order valence-corrected chi connectivity index (χ3v) is 5.72. The molecule has 11 heteroatoms. The molecule has 1 aromatic carbocycles.